The number of hydrogen-bond donors (Lipinski definition) is 0. The molecule has 2 nitrogen and oxygen atoms in total. The first-order chi connectivity index (χ1) is 7.23. The predicted molar refractivity (Wildman–Crippen MR) is 62.9 cm³/mol. The molecular formula is C13H17N2+. The van der Waals surface area contributed by atoms with Gasteiger partial charge in [-0.2, -0.15) is 0 Å². The van der Waals surface area contributed by atoms with Gasteiger partial charge in [-0.25, -0.2) is 0 Å². The first-order valence-corrected chi connectivity index (χ1v) is 5.37. The van der Waals surface area contributed by atoms with Gasteiger partial charge in [-0.1, -0.05) is 0 Å². The van der Waals surface area contributed by atoms with Gasteiger partial charge in [-0.3, -0.25) is 9.47 Å². The molecule has 2 heteroatoms. The normalized spacial score (nSPS) is 25.1. The van der Waals surface area contributed by atoms with Crippen molar-refractivity contribution in [2.75, 3.05) is 20.1 Å². The van der Waals surface area contributed by atoms with Crippen LogP contribution in [0.1, 0.15) is 12.5 Å². The Morgan fingerprint density at radius 1 is 1.33 bits per heavy atom. The first kappa shape index (κ1) is 10.1. The number of quaternary nitrogens is 1. The number of pyridine rings is 1. The summed E-state index contributed by atoms with van der Waals surface area (Å²) in [6.45, 7) is 4.43. The molecule has 1 aromatic heterocycles. The topological polar surface area (TPSA) is 12.9 Å². The zero-order valence-corrected chi connectivity index (χ0v) is 9.35. The molecule has 0 spiro atoms. The van der Waals surface area contributed by atoms with E-state index in [0.717, 1.165) is 17.6 Å². The summed E-state index contributed by atoms with van der Waals surface area (Å²) in [5.74, 6) is 0. The van der Waals surface area contributed by atoms with Gasteiger partial charge in [0.15, 0.2) is 0 Å². The zero-order valence-electron chi connectivity index (χ0n) is 9.35. The molecule has 0 aromatic carbocycles. The summed E-state index contributed by atoms with van der Waals surface area (Å²) in [7, 11) is 2.25. The summed E-state index contributed by atoms with van der Waals surface area (Å²) in [6.07, 6.45) is 10.5. The fraction of sp³-hybridized carbons (Fsp3) is 0.308. The minimum atomic E-state index is 0.995. The molecule has 1 aliphatic heterocycles. The number of allylic oxidation sites excluding steroid dienone is 2. The Hall–Kier alpha value is -1.41. The van der Waals surface area contributed by atoms with Crippen LogP contribution in [0.15, 0.2) is 42.9 Å². The van der Waals surface area contributed by atoms with Gasteiger partial charge in [-0.15, -0.1) is 0 Å². The average molecular weight is 201 g/mol. The second kappa shape index (κ2) is 3.99. The fourth-order valence-electron chi connectivity index (χ4n) is 1.69. The molecule has 0 bridgehead atoms. The highest BCUT2D eigenvalue weighted by Gasteiger charge is 2.18. The van der Waals surface area contributed by atoms with E-state index >= 15 is 0 Å². The molecule has 2 rings (SSSR count). The maximum Gasteiger partial charge on any atom is 0.102 e. The lowest BCUT2D eigenvalue weighted by atomic mass is 10.0. The molecule has 0 aliphatic carbocycles. The third-order valence-corrected chi connectivity index (χ3v) is 3.08. The molecule has 1 unspecified atom stereocenters. The monoisotopic (exact) mass is 201 g/mol. The summed E-state index contributed by atoms with van der Waals surface area (Å²) in [6, 6.07) is 4.11. The Kier molecular flexibility index (Phi) is 2.69. The van der Waals surface area contributed by atoms with E-state index < -0.39 is 0 Å². The summed E-state index contributed by atoms with van der Waals surface area (Å²) < 4.78 is 0.995. The molecule has 0 fully saturated rings. The lowest BCUT2D eigenvalue weighted by Gasteiger charge is -2.30. The Morgan fingerprint density at radius 2 is 2.07 bits per heavy atom. The lowest BCUT2D eigenvalue weighted by molar-refractivity contribution is -0.852. The number of hydrogen-bond acceptors (Lipinski definition) is 1. The minimum Gasteiger partial charge on any atom is -0.297 e. The van der Waals surface area contributed by atoms with Crippen molar-refractivity contribution in [3.8, 4) is 0 Å². The molecule has 1 aromatic rings. The van der Waals surface area contributed by atoms with Crippen molar-refractivity contribution in [3.63, 3.8) is 0 Å². The molecule has 2 heterocycles. The lowest BCUT2D eigenvalue weighted by Crippen LogP contribution is -2.39. The van der Waals surface area contributed by atoms with Crippen LogP contribution in [0.4, 0.5) is 0 Å². The van der Waals surface area contributed by atoms with E-state index in [-0.39, 0.29) is 0 Å². The smallest absolute Gasteiger partial charge is 0.102 e. The van der Waals surface area contributed by atoms with Gasteiger partial charge in [0.05, 0.1) is 19.8 Å². The number of nitrogens with zero attached hydrogens (tertiary/aromatic N) is 2. The van der Waals surface area contributed by atoms with Crippen LogP contribution in [-0.2, 0) is 0 Å². The highest BCUT2D eigenvalue weighted by molar-refractivity contribution is 5.73. The highest BCUT2D eigenvalue weighted by atomic mass is 15.3. The van der Waals surface area contributed by atoms with Crippen LogP contribution >= 0.6 is 0 Å². The van der Waals surface area contributed by atoms with Crippen molar-refractivity contribution < 1.29 is 4.48 Å². The molecular weight excluding hydrogens is 184 g/mol. The van der Waals surface area contributed by atoms with Gasteiger partial charge < -0.3 is 0 Å². The van der Waals surface area contributed by atoms with Crippen LogP contribution in [0, 0.1) is 0 Å². The van der Waals surface area contributed by atoms with Crippen molar-refractivity contribution >= 4 is 5.57 Å². The van der Waals surface area contributed by atoms with Gasteiger partial charge in [0, 0.05) is 12.4 Å². The third kappa shape index (κ3) is 2.16. The highest BCUT2D eigenvalue weighted by Crippen LogP contribution is 2.21. The quantitative estimate of drug-likeness (QED) is 0.670. The molecule has 0 N–H and O–H groups in total. The van der Waals surface area contributed by atoms with Gasteiger partial charge in [0.2, 0.25) is 0 Å². The predicted octanol–water partition coefficient (Wildman–Crippen LogP) is 2.46. The van der Waals surface area contributed by atoms with Crippen molar-refractivity contribution in [3.05, 3.63) is 48.4 Å². The van der Waals surface area contributed by atoms with Gasteiger partial charge in [-0.05, 0) is 42.3 Å². The van der Waals surface area contributed by atoms with E-state index in [4.69, 9.17) is 0 Å². The summed E-state index contributed by atoms with van der Waals surface area (Å²) >= 11 is 0. The average Bonchev–Trinajstić information content (AvgIpc) is 2.31. The Morgan fingerprint density at radius 3 is 2.60 bits per heavy atom. The van der Waals surface area contributed by atoms with Crippen LogP contribution in [0.2, 0.25) is 0 Å². The summed E-state index contributed by atoms with van der Waals surface area (Å²) in [5.41, 5.74) is 2.56. The maximum absolute atomic E-state index is 4.03. The molecule has 0 radical (unpaired) electrons. The van der Waals surface area contributed by atoms with Crippen molar-refractivity contribution in [1.82, 2.24) is 4.98 Å². The van der Waals surface area contributed by atoms with Crippen LogP contribution in [0.25, 0.3) is 5.57 Å². The van der Waals surface area contributed by atoms with E-state index in [1.54, 1.807) is 0 Å². The zero-order chi connectivity index (χ0) is 10.7. The first-order valence-electron chi connectivity index (χ1n) is 5.37. The number of aromatic nitrogens is 1. The molecule has 0 saturated carbocycles. The Bertz CT molecular complexity index is 392. The SMILES string of the molecule is CC[N+]1(C)C=CC(c2ccncc2)=CC1. The largest absolute Gasteiger partial charge is 0.297 e. The van der Waals surface area contributed by atoms with Gasteiger partial charge in [0.25, 0.3) is 0 Å². The molecule has 78 valence electrons. The third-order valence-electron chi connectivity index (χ3n) is 3.08. The van der Waals surface area contributed by atoms with Crippen LogP contribution in [-0.4, -0.2) is 29.6 Å². The second-order valence-electron chi connectivity index (χ2n) is 4.19. The molecule has 15 heavy (non-hydrogen) atoms. The van der Waals surface area contributed by atoms with Crippen molar-refractivity contribution in [2.45, 2.75) is 6.92 Å². The van der Waals surface area contributed by atoms with Gasteiger partial charge >= 0.3 is 0 Å². The molecule has 0 amide bonds. The number of rotatable bonds is 2. The van der Waals surface area contributed by atoms with E-state index in [1.807, 2.05) is 12.4 Å². The molecule has 0 saturated heterocycles. The van der Waals surface area contributed by atoms with Crippen molar-refractivity contribution in [2.24, 2.45) is 0 Å². The van der Waals surface area contributed by atoms with Gasteiger partial charge in [0.1, 0.15) is 6.54 Å². The fourth-order valence-corrected chi connectivity index (χ4v) is 1.69. The standard InChI is InChI=1S/C13H17N2/c1-3-15(2)10-6-13(7-11-15)12-4-8-14-9-5-12/h4-10H,3,11H2,1-2H3/q+1. The van der Waals surface area contributed by atoms with E-state index in [2.05, 4.69) is 49.4 Å². The van der Waals surface area contributed by atoms with Crippen molar-refractivity contribution in [1.29, 1.82) is 0 Å². The Balaban J connectivity index is 2.20. The van der Waals surface area contributed by atoms with E-state index in [0.29, 0.717) is 0 Å². The Labute approximate surface area is 91.2 Å². The van der Waals surface area contributed by atoms with E-state index in [9.17, 15) is 0 Å². The summed E-state index contributed by atoms with van der Waals surface area (Å²) in [4.78, 5) is 4.03. The maximum atomic E-state index is 4.03. The second-order valence-corrected chi connectivity index (χ2v) is 4.19. The summed E-state index contributed by atoms with van der Waals surface area (Å²) in [5, 5.41) is 0. The van der Waals surface area contributed by atoms with Crippen LogP contribution in [0.5, 0.6) is 0 Å². The minimum absolute atomic E-state index is 0.995. The van der Waals surface area contributed by atoms with Crippen LogP contribution < -0.4 is 0 Å². The number of likely N-dealkylation sites (N-methyl/N-ethyl adjacent to an activating group) is 1. The van der Waals surface area contributed by atoms with E-state index in [1.165, 1.54) is 11.1 Å². The molecule has 1 aliphatic rings. The van der Waals surface area contributed by atoms with Crippen LogP contribution in [0.3, 0.4) is 0 Å². The molecule has 1 atom stereocenters.